The van der Waals surface area contributed by atoms with Crippen molar-refractivity contribution < 1.29 is 4.74 Å². The van der Waals surface area contributed by atoms with Crippen molar-refractivity contribution in [2.24, 2.45) is 0 Å². The van der Waals surface area contributed by atoms with Gasteiger partial charge in [0.1, 0.15) is 10.4 Å². The molecule has 0 aliphatic carbocycles. The van der Waals surface area contributed by atoms with E-state index in [9.17, 15) is 0 Å². The number of H-pyrrole nitrogens is 1. The first-order valence-electron chi connectivity index (χ1n) is 6.02. The van der Waals surface area contributed by atoms with Crippen LogP contribution in [0.5, 0.6) is 5.75 Å². The Balaban J connectivity index is 1.92. The van der Waals surface area contributed by atoms with Gasteiger partial charge in [0.25, 0.3) is 0 Å². The lowest BCUT2D eigenvalue weighted by molar-refractivity contribution is 0.415. The highest BCUT2D eigenvalue weighted by molar-refractivity contribution is 7.71. The van der Waals surface area contributed by atoms with Gasteiger partial charge >= 0.3 is 0 Å². The van der Waals surface area contributed by atoms with Crippen molar-refractivity contribution in [2.45, 2.75) is 0 Å². The Kier molecular flexibility index (Phi) is 3.30. The minimum atomic E-state index is 0.594. The van der Waals surface area contributed by atoms with Crippen LogP contribution in [0.15, 0.2) is 48.7 Å². The maximum atomic E-state index is 5.14. The normalized spacial score (nSPS) is 10.4. The second-order valence-electron chi connectivity index (χ2n) is 4.15. The van der Waals surface area contributed by atoms with Gasteiger partial charge < -0.3 is 4.74 Å². The molecule has 0 radical (unpaired) electrons. The summed E-state index contributed by atoms with van der Waals surface area (Å²) in [4.78, 5) is 0. The summed E-state index contributed by atoms with van der Waals surface area (Å²) in [5.74, 6) is 1.52. The largest absolute Gasteiger partial charge is 0.497 e. The Morgan fingerprint density at radius 2 is 1.90 bits per heavy atom. The third-order valence-electron chi connectivity index (χ3n) is 2.87. The molecule has 1 N–H and O–H groups in total. The second kappa shape index (κ2) is 5.26. The Hall–Kier alpha value is -2.47. The molecule has 0 atom stereocenters. The molecule has 100 valence electrons. The van der Waals surface area contributed by atoms with Crippen LogP contribution in [0.1, 0.15) is 0 Å². The van der Waals surface area contributed by atoms with Gasteiger partial charge in [0.05, 0.1) is 12.8 Å². The van der Waals surface area contributed by atoms with Gasteiger partial charge in [-0.1, -0.05) is 12.2 Å². The van der Waals surface area contributed by atoms with Gasteiger partial charge in [-0.2, -0.15) is 10.2 Å². The van der Waals surface area contributed by atoms with E-state index in [1.165, 1.54) is 0 Å². The molecule has 0 amide bonds. The SMILES string of the molecule is COc1ccc(-c2ccn(-c3ccc(=S)[nH]n3)n2)cc1. The van der Waals surface area contributed by atoms with Gasteiger partial charge in [-0.15, -0.1) is 0 Å². The fraction of sp³-hybridized carbons (Fsp3) is 0.0714. The number of nitrogens with one attached hydrogen (secondary N) is 1. The predicted molar refractivity (Wildman–Crippen MR) is 78.5 cm³/mol. The van der Waals surface area contributed by atoms with Crippen molar-refractivity contribution in [3.8, 4) is 22.8 Å². The van der Waals surface area contributed by atoms with Crippen LogP contribution in [0.3, 0.4) is 0 Å². The maximum Gasteiger partial charge on any atom is 0.173 e. The summed E-state index contributed by atoms with van der Waals surface area (Å²) < 4.78 is 7.43. The quantitative estimate of drug-likeness (QED) is 0.751. The van der Waals surface area contributed by atoms with Crippen molar-refractivity contribution in [2.75, 3.05) is 7.11 Å². The third-order valence-corrected chi connectivity index (χ3v) is 3.10. The summed E-state index contributed by atoms with van der Waals surface area (Å²) in [5.41, 5.74) is 1.89. The average molecular weight is 284 g/mol. The minimum Gasteiger partial charge on any atom is -0.497 e. The first-order chi connectivity index (χ1) is 9.76. The molecule has 3 aromatic rings. The van der Waals surface area contributed by atoms with Gasteiger partial charge in [-0.25, -0.2) is 4.68 Å². The van der Waals surface area contributed by atoms with E-state index < -0.39 is 0 Å². The van der Waals surface area contributed by atoms with Gasteiger partial charge in [0.2, 0.25) is 0 Å². The number of ether oxygens (including phenoxy) is 1. The highest BCUT2D eigenvalue weighted by Gasteiger charge is 2.04. The fourth-order valence-electron chi connectivity index (χ4n) is 1.83. The van der Waals surface area contributed by atoms with E-state index in [4.69, 9.17) is 17.0 Å². The topological polar surface area (TPSA) is 55.7 Å². The number of benzene rings is 1. The average Bonchev–Trinajstić information content (AvgIpc) is 2.98. The Labute approximate surface area is 120 Å². The Bertz CT molecular complexity index is 756. The van der Waals surface area contributed by atoms with Crippen LogP contribution >= 0.6 is 12.2 Å². The number of aromatic nitrogens is 4. The van der Waals surface area contributed by atoms with Crippen LogP contribution in [0.25, 0.3) is 17.1 Å². The monoisotopic (exact) mass is 284 g/mol. The molecule has 0 spiro atoms. The zero-order chi connectivity index (χ0) is 13.9. The number of methoxy groups -OCH3 is 1. The van der Waals surface area contributed by atoms with Crippen molar-refractivity contribution in [1.29, 1.82) is 0 Å². The van der Waals surface area contributed by atoms with E-state index >= 15 is 0 Å². The molecular formula is C14H12N4OS. The Morgan fingerprint density at radius 1 is 1.10 bits per heavy atom. The molecule has 20 heavy (non-hydrogen) atoms. The van der Waals surface area contributed by atoms with E-state index in [0.717, 1.165) is 17.0 Å². The van der Waals surface area contributed by atoms with Crippen molar-refractivity contribution in [3.63, 3.8) is 0 Å². The summed E-state index contributed by atoms with van der Waals surface area (Å²) in [5, 5.41) is 11.4. The number of nitrogens with zero attached hydrogens (tertiary/aromatic N) is 3. The summed E-state index contributed by atoms with van der Waals surface area (Å²) in [7, 11) is 1.65. The molecule has 3 rings (SSSR count). The van der Waals surface area contributed by atoms with Gasteiger partial charge in [-0.05, 0) is 42.5 Å². The van der Waals surface area contributed by atoms with Crippen molar-refractivity contribution in [1.82, 2.24) is 20.0 Å². The number of rotatable bonds is 3. The van der Waals surface area contributed by atoms with E-state index in [-0.39, 0.29) is 0 Å². The Morgan fingerprint density at radius 3 is 2.55 bits per heavy atom. The molecule has 0 unspecified atom stereocenters. The van der Waals surface area contributed by atoms with Crippen LogP contribution in [0.2, 0.25) is 0 Å². The fourth-order valence-corrected chi connectivity index (χ4v) is 1.95. The molecular weight excluding hydrogens is 272 g/mol. The molecule has 0 bridgehead atoms. The summed E-state index contributed by atoms with van der Waals surface area (Å²) in [6, 6.07) is 13.3. The first kappa shape index (κ1) is 12.6. The molecule has 0 saturated carbocycles. The van der Waals surface area contributed by atoms with Crippen LogP contribution in [-0.2, 0) is 0 Å². The zero-order valence-corrected chi connectivity index (χ0v) is 11.6. The highest BCUT2D eigenvalue weighted by atomic mass is 32.1. The number of hydrogen-bond donors (Lipinski definition) is 1. The molecule has 0 saturated heterocycles. The van der Waals surface area contributed by atoms with E-state index in [1.807, 2.05) is 42.6 Å². The van der Waals surface area contributed by atoms with Crippen LogP contribution in [0, 0.1) is 4.64 Å². The van der Waals surface area contributed by atoms with Gasteiger partial charge in [0, 0.05) is 11.8 Å². The maximum absolute atomic E-state index is 5.14. The number of aromatic amines is 1. The van der Waals surface area contributed by atoms with Crippen molar-refractivity contribution in [3.05, 3.63) is 53.3 Å². The van der Waals surface area contributed by atoms with E-state index in [0.29, 0.717) is 10.5 Å². The van der Waals surface area contributed by atoms with Gasteiger partial charge in [-0.3, -0.25) is 5.10 Å². The third kappa shape index (κ3) is 2.46. The van der Waals surface area contributed by atoms with Crippen LogP contribution in [0.4, 0.5) is 0 Å². The summed E-state index contributed by atoms with van der Waals surface area (Å²) >= 11 is 4.97. The lowest BCUT2D eigenvalue weighted by atomic mass is 10.1. The molecule has 5 nitrogen and oxygen atoms in total. The summed E-state index contributed by atoms with van der Waals surface area (Å²) in [6.07, 6.45) is 1.86. The summed E-state index contributed by atoms with van der Waals surface area (Å²) in [6.45, 7) is 0. The molecule has 0 fully saturated rings. The lowest BCUT2D eigenvalue weighted by Gasteiger charge is -2.01. The standard InChI is InChI=1S/C14H12N4OS/c1-19-11-4-2-10(3-5-11)12-8-9-18(17-12)13-6-7-14(20)16-15-13/h2-9H,1H3,(H,16,20). The van der Waals surface area contributed by atoms with Crippen LogP contribution in [-0.4, -0.2) is 27.1 Å². The molecule has 0 aliphatic rings. The lowest BCUT2D eigenvalue weighted by Crippen LogP contribution is -1.99. The highest BCUT2D eigenvalue weighted by Crippen LogP contribution is 2.21. The van der Waals surface area contributed by atoms with Gasteiger partial charge in [0.15, 0.2) is 5.82 Å². The van der Waals surface area contributed by atoms with E-state index in [2.05, 4.69) is 15.3 Å². The van der Waals surface area contributed by atoms with Crippen molar-refractivity contribution >= 4 is 12.2 Å². The van der Waals surface area contributed by atoms with Crippen LogP contribution < -0.4 is 4.74 Å². The minimum absolute atomic E-state index is 0.594. The first-order valence-corrected chi connectivity index (χ1v) is 6.43. The second-order valence-corrected chi connectivity index (χ2v) is 4.59. The smallest absolute Gasteiger partial charge is 0.173 e. The number of hydrogen-bond acceptors (Lipinski definition) is 4. The molecule has 2 heterocycles. The molecule has 0 aliphatic heterocycles. The van der Waals surface area contributed by atoms with E-state index in [1.54, 1.807) is 17.9 Å². The molecule has 2 aromatic heterocycles. The zero-order valence-electron chi connectivity index (χ0n) is 10.8. The molecule has 1 aromatic carbocycles. The predicted octanol–water partition coefficient (Wildman–Crippen LogP) is 3.00. The molecule has 6 heteroatoms.